The minimum atomic E-state index is -0.265. The van der Waals surface area contributed by atoms with E-state index in [-0.39, 0.29) is 11.7 Å². The number of nitrogens with zero attached hydrogens (tertiary/aromatic N) is 4. The van der Waals surface area contributed by atoms with Crippen molar-refractivity contribution in [2.75, 3.05) is 27.1 Å². The number of methoxy groups -OCH3 is 3. The van der Waals surface area contributed by atoms with E-state index in [1.165, 1.54) is 37.2 Å². The lowest BCUT2D eigenvalue weighted by Crippen LogP contribution is -2.21. The lowest BCUT2D eigenvalue weighted by Gasteiger charge is -2.25. The Morgan fingerprint density at radius 3 is 2.38 bits per heavy atom. The molecule has 0 saturated heterocycles. The zero-order valence-electron chi connectivity index (χ0n) is 21.1. The van der Waals surface area contributed by atoms with E-state index in [2.05, 4.69) is 25.3 Å². The fraction of sp³-hybridized carbons (Fsp3) is 0.385. The molecule has 1 aliphatic rings. The molecule has 0 atom stereocenters. The van der Waals surface area contributed by atoms with Crippen LogP contribution in [0.4, 0.5) is 0 Å². The van der Waals surface area contributed by atoms with Crippen molar-refractivity contribution >= 4 is 35.5 Å². The summed E-state index contributed by atoms with van der Waals surface area (Å²) in [4.78, 5) is 12.6. The van der Waals surface area contributed by atoms with Crippen LogP contribution in [0, 0.1) is 0 Å². The summed E-state index contributed by atoms with van der Waals surface area (Å²) in [5.41, 5.74) is 4.11. The number of hydrogen-bond donors (Lipinski definition) is 1. The molecule has 1 saturated carbocycles. The molecule has 4 rings (SSSR count). The topological polar surface area (TPSA) is 99.9 Å². The summed E-state index contributed by atoms with van der Waals surface area (Å²) in [6.45, 7) is 0. The van der Waals surface area contributed by atoms with Crippen molar-refractivity contribution in [3.63, 3.8) is 0 Å². The average Bonchev–Trinajstić information content (AvgIpc) is 3.36. The van der Waals surface area contributed by atoms with Crippen molar-refractivity contribution in [3.05, 3.63) is 47.0 Å². The molecular weight excluding hydrogens is 514 g/mol. The first-order valence-electron chi connectivity index (χ1n) is 12.0. The molecule has 0 radical (unpaired) electrons. The van der Waals surface area contributed by atoms with E-state index < -0.39 is 0 Å². The van der Waals surface area contributed by atoms with Crippen molar-refractivity contribution < 1.29 is 19.0 Å². The predicted molar refractivity (Wildman–Crippen MR) is 145 cm³/mol. The van der Waals surface area contributed by atoms with Gasteiger partial charge >= 0.3 is 0 Å². The van der Waals surface area contributed by atoms with Crippen molar-refractivity contribution in [3.8, 4) is 28.6 Å². The molecule has 0 unspecified atom stereocenters. The molecule has 0 spiro atoms. The van der Waals surface area contributed by atoms with Crippen LogP contribution >= 0.6 is 23.4 Å². The third-order valence-corrected chi connectivity index (χ3v) is 7.37. The Morgan fingerprint density at radius 1 is 1.08 bits per heavy atom. The minimum Gasteiger partial charge on any atom is -0.496 e. The highest BCUT2D eigenvalue weighted by molar-refractivity contribution is 7.99. The van der Waals surface area contributed by atoms with Gasteiger partial charge in [-0.3, -0.25) is 9.36 Å². The molecule has 0 bridgehead atoms. The van der Waals surface area contributed by atoms with Crippen LogP contribution in [0.2, 0.25) is 5.02 Å². The van der Waals surface area contributed by atoms with Crippen molar-refractivity contribution in [1.82, 2.24) is 20.2 Å². The highest BCUT2D eigenvalue weighted by Gasteiger charge is 2.24. The summed E-state index contributed by atoms with van der Waals surface area (Å²) < 4.78 is 18.3. The number of aromatic nitrogens is 3. The number of amides is 1. The van der Waals surface area contributed by atoms with Crippen molar-refractivity contribution in [1.29, 1.82) is 0 Å². The lowest BCUT2D eigenvalue weighted by atomic mass is 9.95. The van der Waals surface area contributed by atoms with Gasteiger partial charge in [-0.1, -0.05) is 42.6 Å². The van der Waals surface area contributed by atoms with Gasteiger partial charge in [-0.05, 0) is 37.1 Å². The number of hydrogen-bond acceptors (Lipinski definition) is 8. The number of rotatable bonds is 10. The van der Waals surface area contributed by atoms with E-state index in [9.17, 15) is 4.79 Å². The Kier molecular flexibility index (Phi) is 9.29. The van der Waals surface area contributed by atoms with E-state index >= 15 is 0 Å². The molecule has 3 aromatic rings. The Balaban J connectivity index is 1.46. The first-order valence-corrected chi connectivity index (χ1v) is 13.4. The quantitative estimate of drug-likeness (QED) is 0.208. The molecular formula is C26H30ClN5O4S. The summed E-state index contributed by atoms with van der Waals surface area (Å²) in [7, 11) is 4.65. The van der Waals surface area contributed by atoms with Gasteiger partial charge in [0.15, 0.2) is 11.0 Å². The molecule has 2 aromatic carbocycles. The molecule has 1 amide bonds. The van der Waals surface area contributed by atoms with E-state index in [4.69, 9.17) is 25.8 Å². The summed E-state index contributed by atoms with van der Waals surface area (Å²) >= 11 is 7.43. The molecule has 37 heavy (non-hydrogen) atoms. The third-order valence-electron chi connectivity index (χ3n) is 6.18. The van der Waals surface area contributed by atoms with Crippen LogP contribution in [0.1, 0.15) is 43.7 Å². The van der Waals surface area contributed by atoms with Crippen LogP contribution in [0.3, 0.4) is 0 Å². The lowest BCUT2D eigenvalue weighted by molar-refractivity contribution is -0.118. The second kappa shape index (κ2) is 12.8. The maximum absolute atomic E-state index is 12.6. The highest BCUT2D eigenvalue weighted by atomic mass is 35.5. The molecule has 0 aliphatic heterocycles. The van der Waals surface area contributed by atoms with Crippen LogP contribution in [0.25, 0.3) is 11.4 Å². The van der Waals surface area contributed by atoms with Crippen LogP contribution in [0.15, 0.2) is 46.7 Å². The van der Waals surface area contributed by atoms with Gasteiger partial charge in [-0.25, -0.2) is 5.43 Å². The zero-order chi connectivity index (χ0) is 26.2. The monoisotopic (exact) mass is 543 g/mol. The van der Waals surface area contributed by atoms with Crippen LogP contribution in [-0.2, 0) is 4.79 Å². The number of carbonyl (C=O) groups is 1. The van der Waals surface area contributed by atoms with E-state index in [0.717, 1.165) is 29.4 Å². The first-order chi connectivity index (χ1) is 18.0. The molecule has 1 N–H and O–H groups in total. The predicted octanol–water partition coefficient (Wildman–Crippen LogP) is 5.37. The normalized spacial score (nSPS) is 14.1. The molecule has 1 aromatic heterocycles. The number of halogens is 1. The average molecular weight is 544 g/mol. The largest absolute Gasteiger partial charge is 0.496 e. The van der Waals surface area contributed by atoms with Crippen LogP contribution in [-0.4, -0.2) is 54.0 Å². The van der Waals surface area contributed by atoms with Gasteiger partial charge < -0.3 is 14.2 Å². The Morgan fingerprint density at radius 2 is 1.76 bits per heavy atom. The van der Waals surface area contributed by atoms with Gasteiger partial charge in [-0.15, -0.1) is 10.2 Å². The molecule has 1 aliphatic carbocycles. The van der Waals surface area contributed by atoms with Gasteiger partial charge in [-0.2, -0.15) is 5.10 Å². The number of ether oxygens (including phenoxy) is 3. The second-order valence-corrected chi connectivity index (χ2v) is 9.88. The zero-order valence-corrected chi connectivity index (χ0v) is 22.6. The molecule has 11 heteroatoms. The van der Waals surface area contributed by atoms with Crippen LogP contribution < -0.4 is 19.6 Å². The minimum absolute atomic E-state index is 0.139. The standard InChI is InChI=1S/C26H30ClN5O4S/c1-34-20-13-22(35-2)21(23(14-20)36-3)15-28-29-24(33)16-37-26-31-30-25(17-9-11-18(27)12-10-17)32(26)19-7-5-4-6-8-19/h9-15,19H,4-8,16H2,1-3H3,(H,29,33). The number of nitrogens with one attached hydrogen (secondary N) is 1. The summed E-state index contributed by atoms with van der Waals surface area (Å²) in [6.07, 6.45) is 7.19. The van der Waals surface area contributed by atoms with Gasteiger partial charge in [0.05, 0.1) is 38.9 Å². The molecule has 196 valence electrons. The number of carbonyl (C=O) groups excluding carboxylic acids is 1. The van der Waals surface area contributed by atoms with Gasteiger partial charge in [0.2, 0.25) is 0 Å². The fourth-order valence-corrected chi connectivity index (χ4v) is 5.25. The van der Waals surface area contributed by atoms with Crippen molar-refractivity contribution in [2.24, 2.45) is 5.10 Å². The fourth-order valence-electron chi connectivity index (χ4n) is 4.33. The first kappa shape index (κ1) is 26.8. The number of benzene rings is 2. The molecule has 9 nitrogen and oxygen atoms in total. The summed E-state index contributed by atoms with van der Waals surface area (Å²) in [5, 5.41) is 14.4. The van der Waals surface area contributed by atoms with E-state index in [0.29, 0.717) is 33.9 Å². The second-order valence-electron chi connectivity index (χ2n) is 8.50. The van der Waals surface area contributed by atoms with Gasteiger partial charge in [0, 0.05) is 28.8 Å². The summed E-state index contributed by atoms with van der Waals surface area (Å²) in [6, 6.07) is 11.3. The number of hydrazone groups is 1. The third kappa shape index (κ3) is 6.56. The highest BCUT2D eigenvalue weighted by Crippen LogP contribution is 2.36. The SMILES string of the molecule is COc1cc(OC)c(C=NNC(=O)CSc2nnc(-c3ccc(Cl)cc3)n2C2CCCCC2)c(OC)c1. The Hall–Kier alpha value is -3.24. The Bertz CT molecular complexity index is 1220. The maximum Gasteiger partial charge on any atom is 0.250 e. The maximum atomic E-state index is 12.6. The Labute approximate surface area is 225 Å². The van der Waals surface area contributed by atoms with Gasteiger partial charge in [0.25, 0.3) is 5.91 Å². The van der Waals surface area contributed by atoms with Gasteiger partial charge in [0.1, 0.15) is 17.2 Å². The smallest absolute Gasteiger partial charge is 0.250 e. The molecule has 1 fully saturated rings. The summed E-state index contributed by atoms with van der Waals surface area (Å²) in [5.74, 6) is 2.28. The van der Waals surface area contributed by atoms with Crippen LogP contribution in [0.5, 0.6) is 17.2 Å². The van der Waals surface area contributed by atoms with E-state index in [1.807, 2.05) is 24.3 Å². The number of thioether (sulfide) groups is 1. The molecule has 1 heterocycles. The van der Waals surface area contributed by atoms with E-state index in [1.54, 1.807) is 33.5 Å². The van der Waals surface area contributed by atoms with Crippen molar-refractivity contribution in [2.45, 2.75) is 43.3 Å².